The molecule has 2 rings (SSSR count). The molecule has 18 heavy (non-hydrogen) atoms. The van der Waals surface area contributed by atoms with Gasteiger partial charge in [-0.3, -0.25) is 4.98 Å². The molecular formula is C16H20N2. The number of rotatable bonds is 4. The summed E-state index contributed by atoms with van der Waals surface area (Å²) >= 11 is 0. The Morgan fingerprint density at radius 1 is 1.17 bits per heavy atom. The van der Waals surface area contributed by atoms with Crippen LogP contribution < -0.4 is 5.32 Å². The van der Waals surface area contributed by atoms with Crippen LogP contribution in [0.1, 0.15) is 28.4 Å². The number of nitrogens with one attached hydrogen (secondary N) is 1. The molecule has 1 aromatic carbocycles. The Balaban J connectivity index is 2.23. The van der Waals surface area contributed by atoms with Crippen molar-refractivity contribution in [2.75, 3.05) is 7.05 Å². The zero-order valence-electron chi connectivity index (χ0n) is 11.3. The Hall–Kier alpha value is -1.67. The lowest BCUT2D eigenvalue weighted by Crippen LogP contribution is -2.21. The molecule has 0 bridgehead atoms. The van der Waals surface area contributed by atoms with Gasteiger partial charge in [-0.2, -0.15) is 0 Å². The Bertz CT molecular complexity index is 520. The molecule has 94 valence electrons. The largest absolute Gasteiger partial charge is 0.311 e. The standard InChI is InChI=1S/C16H20N2/c1-12-6-4-8-14(10-12)11-15(17-3)16-13(2)7-5-9-18-16/h4-10,15,17H,11H2,1-3H3. The summed E-state index contributed by atoms with van der Waals surface area (Å²) in [7, 11) is 1.99. The van der Waals surface area contributed by atoms with E-state index in [0.29, 0.717) is 0 Å². The second-order valence-corrected chi connectivity index (χ2v) is 4.74. The number of aryl methyl sites for hydroxylation is 2. The molecular weight excluding hydrogens is 220 g/mol. The fourth-order valence-electron chi connectivity index (χ4n) is 2.27. The van der Waals surface area contributed by atoms with Gasteiger partial charge in [-0.15, -0.1) is 0 Å². The quantitative estimate of drug-likeness (QED) is 0.887. The summed E-state index contributed by atoms with van der Waals surface area (Å²) < 4.78 is 0. The maximum absolute atomic E-state index is 4.51. The van der Waals surface area contributed by atoms with E-state index in [1.165, 1.54) is 16.7 Å². The van der Waals surface area contributed by atoms with E-state index in [1.807, 2.05) is 19.3 Å². The van der Waals surface area contributed by atoms with E-state index in [2.05, 4.69) is 54.5 Å². The van der Waals surface area contributed by atoms with Crippen LogP contribution in [0.3, 0.4) is 0 Å². The molecule has 1 unspecified atom stereocenters. The molecule has 0 radical (unpaired) electrons. The van der Waals surface area contributed by atoms with Gasteiger partial charge in [0, 0.05) is 6.20 Å². The monoisotopic (exact) mass is 240 g/mol. The molecule has 2 aromatic rings. The van der Waals surface area contributed by atoms with Gasteiger partial charge in [0.05, 0.1) is 11.7 Å². The summed E-state index contributed by atoms with van der Waals surface area (Å²) in [6.45, 7) is 4.24. The number of pyridine rings is 1. The predicted octanol–water partition coefficient (Wildman–Crippen LogP) is 3.20. The van der Waals surface area contributed by atoms with Gasteiger partial charge in [0.25, 0.3) is 0 Å². The summed E-state index contributed by atoms with van der Waals surface area (Å²) in [5.74, 6) is 0. The second-order valence-electron chi connectivity index (χ2n) is 4.74. The number of aromatic nitrogens is 1. The Morgan fingerprint density at radius 2 is 2.00 bits per heavy atom. The minimum absolute atomic E-state index is 0.271. The lowest BCUT2D eigenvalue weighted by Gasteiger charge is -2.18. The van der Waals surface area contributed by atoms with Crippen molar-refractivity contribution in [3.63, 3.8) is 0 Å². The molecule has 0 aliphatic carbocycles. The molecule has 0 aliphatic rings. The fraction of sp³-hybridized carbons (Fsp3) is 0.312. The SMILES string of the molecule is CNC(Cc1cccc(C)c1)c1ncccc1C. The topological polar surface area (TPSA) is 24.9 Å². The molecule has 2 heteroatoms. The van der Waals surface area contributed by atoms with E-state index in [-0.39, 0.29) is 6.04 Å². The highest BCUT2D eigenvalue weighted by atomic mass is 14.9. The van der Waals surface area contributed by atoms with Crippen LogP contribution in [-0.2, 0) is 6.42 Å². The summed E-state index contributed by atoms with van der Waals surface area (Å²) in [6, 6.07) is 13.0. The normalized spacial score (nSPS) is 12.4. The van der Waals surface area contributed by atoms with E-state index in [4.69, 9.17) is 0 Å². The number of benzene rings is 1. The second kappa shape index (κ2) is 5.78. The highest BCUT2D eigenvalue weighted by molar-refractivity contribution is 5.27. The van der Waals surface area contributed by atoms with Crippen LogP contribution in [0.4, 0.5) is 0 Å². The summed E-state index contributed by atoms with van der Waals surface area (Å²) in [4.78, 5) is 4.51. The van der Waals surface area contributed by atoms with Gasteiger partial charge in [0.2, 0.25) is 0 Å². The van der Waals surface area contributed by atoms with Gasteiger partial charge in [-0.25, -0.2) is 0 Å². The first-order valence-corrected chi connectivity index (χ1v) is 6.35. The molecule has 0 fully saturated rings. The van der Waals surface area contributed by atoms with Gasteiger partial charge < -0.3 is 5.32 Å². The molecule has 2 nitrogen and oxygen atoms in total. The maximum Gasteiger partial charge on any atom is 0.0605 e. The van der Waals surface area contributed by atoms with Crippen molar-refractivity contribution in [3.8, 4) is 0 Å². The van der Waals surface area contributed by atoms with Gasteiger partial charge in [0.1, 0.15) is 0 Å². The number of hydrogen-bond donors (Lipinski definition) is 1. The lowest BCUT2D eigenvalue weighted by atomic mass is 9.99. The maximum atomic E-state index is 4.51. The van der Waals surface area contributed by atoms with E-state index < -0.39 is 0 Å². The predicted molar refractivity (Wildman–Crippen MR) is 75.7 cm³/mol. The number of nitrogens with zero attached hydrogens (tertiary/aromatic N) is 1. The highest BCUT2D eigenvalue weighted by Gasteiger charge is 2.13. The van der Waals surface area contributed by atoms with Crippen LogP contribution in [0.2, 0.25) is 0 Å². The van der Waals surface area contributed by atoms with Gasteiger partial charge in [-0.1, -0.05) is 35.9 Å². The third-order valence-electron chi connectivity index (χ3n) is 3.25. The van der Waals surface area contributed by atoms with Gasteiger partial charge in [0.15, 0.2) is 0 Å². The van der Waals surface area contributed by atoms with Gasteiger partial charge >= 0.3 is 0 Å². The van der Waals surface area contributed by atoms with Crippen molar-refractivity contribution >= 4 is 0 Å². The highest BCUT2D eigenvalue weighted by Crippen LogP contribution is 2.19. The van der Waals surface area contributed by atoms with Crippen molar-refractivity contribution in [2.24, 2.45) is 0 Å². The number of hydrogen-bond acceptors (Lipinski definition) is 2. The minimum atomic E-state index is 0.271. The molecule has 0 spiro atoms. The number of likely N-dealkylation sites (N-methyl/N-ethyl adjacent to an activating group) is 1. The summed E-state index contributed by atoms with van der Waals surface area (Å²) in [6.07, 6.45) is 2.83. The fourth-order valence-corrected chi connectivity index (χ4v) is 2.27. The van der Waals surface area contributed by atoms with Crippen LogP contribution >= 0.6 is 0 Å². The first kappa shape index (κ1) is 12.8. The zero-order valence-corrected chi connectivity index (χ0v) is 11.3. The van der Waals surface area contributed by atoms with E-state index >= 15 is 0 Å². The van der Waals surface area contributed by atoms with Crippen LogP contribution in [0.15, 0.2) is 42.6 Å². The average Bonchev–Trinajstić information content (AvgIpc) is 2.37. The van der Waals surface area contributed by atoms with Crippen LogP contribution in [0.5, 0.6) is 0 Å². The molecule has 1 aromatic heterocycles. The van der Waals surface area contributed by atoms with Gasteiger partial charge in [-0.05, 0) is 44.5 Å². The Kier molecular flexibility index (Phi) is 4.11. The van der Waals surface area contributed by atoms with Crippen LogP contribution in [0, 0.1) is 13.8 Å². The molecule has 1 atom stereocenters. The summed E-state index contributed by atoms with van der Waals surface area (Å²) in [5.41, 5.74) is 5.03. The molecule has 1 N–H and O–H groups in total. The molecule has 0 amide bonds. The molecule has 1 heterocycles. The van der Waals surface area contributed by atoms with Crippen molar-refractivity contribution in [1.29, 1.82) is 0 Å². The minimum Gasteiger partial charge on any atom is -0.311 e. The van der Waals surface area contributed by atoms with Crippen molar-refractivity contribution in [2.45, 2.75) is 26.3 Å². The molecule has 0 saturated carbocycles. The van der Waals surface area contributed by atoms with E-state index in [1.54, 1.807) is 0 Å². The van der Waals surface area contributed by atoms with E-state index in [0.717, 1.165) is 12.1 Å². The van der Waals surface area contributed by atoms with Crippen LogP contribution in [-0.4, -0.2) is 12.0 Å². The molecule has 0 aliphatic heterocycles. The van der Waals surface area contributed by atoms with Crippen LogP contribution in [0.25, 0.3) is 0 Å². The Morgan fingerprint density at radius 3 is 2.67 bits per heavy atom. The van der Waals surface area contributed by atoms with Crippen molar-refractivity contribution in [3.05, 3.63) is 65.0 Å². The first-order valence-electron chi connectivity index (χ1n) is 6.35. The molecule has 0 saturated heterocycles. The third-order valence-corrected chi connectivity index (χ3v) is 3.25. The lowest BCUT2D eigenvalue weighted by molar-refractivity contribution is 0.572. The van der Waals surface area contributed by atoms with E-state index in [9.17, 15) is 0 Å². The zero-order chi connectivity index (χ0) is 13.0. The smallest absolute Gasteiger partial charge is 0.0605 e. The first-order chi connectivity index (χ1) is 8.70. The Labute approximate surface area is 109 Å². The third kappa shape index (κ3) is 2.96. The van der Waals surface area contributed by atoms with Crippen molar-refractivity contribution < 1.29 is 0 Å². The summed E-state index contributed by atoms with van der Waals surface area (Å²) in [5, 5.41) is 3.36. The van der Waals surface area contributed by atoms with Crippen molar-refractivity contribution in [1.82, 2.24) is 10.3 Å². The average molecular weight is 240 g/mol.